The first kappa shape index (κ1) is 15.5. The molecule has 4 N–H and O–H groups in total. The first-order valence-corrected chi connectivity index (χ1v) is 6.04. The van der Waals surface area contributed by atoms with Gasteiger partial charge in [0.15, 0.2) is 0 Å². The number of hydrogen-bond acceptors (Lipinski definition) is 3. The molecule has 6 heteroatoms. The summed E-state index contributed by atoms with van der Waals surface area (Å²) < 4.78 is 24.0. The summed E-state index contributed by atoms with van der Waals surface area (Å²) in [6.45, 7) is -0.491. The number of aliphatic hydroxyl groups is 1. The average molecular weight is 272 g/mol. The number of benzene rings is 1. The summed E-state index contributed by atoms with van der Waals surface area (Å²) in [5, 5.41) is 11.1. The summed E-state index contributed by atoms with van der Waals surface area (Å²) in [5.41, 5.74) is 6.70. The molecular formula is C13H18F2N2O2. The van der Waals surface area contributed by atoms with E-state index < -0.39 is 31.0 Å². The van der Waals surface area contributed by atoms with E-state index in [0.717, 1.165) is 5.56 Å². The molecule has 0 saturated carbocycles. The van der Waals surface area contributed by atoms with Gasteiger partial charge in [-0.05, 0) is 18.4 Å². The van der Waals surface area contributed by atoms with E-state index in [9.17, 15) is 13.6 Å². The van der Waals surface area contributed by atoms with Gasteiger partial charge in [-0.15, -0.1) is 0 Å². The normalized spacial score (nSPS) is 14.2. The molecule has 0 heterocycles. The number of alkyl halides is 2. The third-order valence-corrected chi connectivity index (χ3v) is 2.70. The lowest BCUT2D eigenvalue weighted by Gasteiger charge is -2.14. The Hall–Kier alpha value is -1.53. The predicted molar refractivity (Wildman–Crippen MR) is 67.8 cm³/mol. The SMILES string of the molecule is N[C@@H](CCc1ccccc1)C(=O)NCC(O)C(F)F. The molecule has 2 atom stereocenters. The largest absolute Gasteiger partial charge is 0.385 e. The van der Waals surface area contributed by atoms with Crippen LogP contribution < -0.4 is 11.1 Å². The van der Waals surface area contributed by atoms with Crippen LogP contribution in [0.25, 0.3) is 0 Å². The van der Waals surface area contributed by atoms with Gasteiger partial charge >= 0.3 is 0 Å². The number of aliphatic hydroxyl groups excluding tert-OH is 1. The third-order valence-electron chi connectivity index (χ3n) is 2.70. The zero-order valence-electron chi connectivity index (χ0n) is 10.4. The van der Waals surface area contributed by atoms with Crippen LogP contribution in [0.2, 0.25) is 0 Å². The fourth-order valence-electron chi connectivity index (χ4n) is 1.52. The zero-order valence-corrected chi connectivity index (χ0v) is 10.4. The lowest BCUT2D eigenvalue weighted by molar-refractivity contribution is -0.123. The van der Waals surface area contributed by atoms with Crippen molar-refractivity contribution in [3.8, 4) is 0 Å². The Morgan fingerprint density at radius 3 is 2.53 bits per heavy atom. The number of nitrogens with two attached hydrogens (primary N) is 1. The van der Waals surface area contributed by atoms with Crippen LogP contribution in [0.5, 0.6) is 0 Å². The van der Waals surface area contributed by atoms with Crippen molar-refractivity contribution in [3.63, 3.8) is 0 Å². The second kappa shape index (κ2) is 7.81. The Morgan fingerprint density at radius 1 is 1.32 bits per heavy atom. The highest BCUT2D eigenvalue weighted by molar-refractivity contribution is 5.81. The quantitative estimate of drug-likeness (QED) is 0.683. The maximum atomic E-state index is 12.0. The lowest BCUT2D eigenvalue weighted by atomic mass is 10.1. The second-order valence-electron chi connectivity index (χ2n) is 4.28. The minimum Gasteiger partial charge on any atom is -0.385 e. The van der Waals surface area contributed by atoms with Crippen LogP contribution in [0, 0.1) is 0 Å². The number of rotatable bonds is 7. The standard InChI is InChI=1S/C13H18F2N2O2/c14-12(15)11(18)8-17-13(19)10(16)7-6-9-4-2-1-3-5-9/h1-5,10-12,18H,6-8,16H2,(H,17,19)/t10-,11?/m0/s1. The molecule has 0 spiro atoms. The molecule has 1 unspecified atom stereocenters. The molecular weight excluding hydrogens is 254 g/mol. The molecule has 4 nitrogen and oxygen atoms in total. The number of nitrogens with one attached hydrogen (secondary N) is 1. The zero-order chi connectivity index (χ0) is 14.3. The molecule has 0 aliphatic rings. The Morgan fingerprint density at radius 2 is 1.95 bits per heavy atom. The Kier molecular flexibility index (Phi) is 6.38. The maximum Gasteiger partial charge on any atom is 0.265 e. The van der Waals surface area contributed by atoms with Gasteiger partial charge in [-0.2, -0.15) is 0 Å². The minimum atomic E-state index is -2.87. The molecule has 1 aromatic rings. The number of carbonyl (C=O) groups excluding carboxylic acids is 1. The average Bonchev–Trinajstić information content (AvgIpc) is 2.42. The fourth-order valence-corrected chi connectivity index (χ4v) is 1.52. The van der Waals surface area contributed by atoms with E-state index in [-0.39, 0.29) is 0 Å². The van der Waals surface area contributed by atoms with E-state index >= 15 is 0 Å². The summed E-state index contributed by atoms with van der Waals surface area (Å²) in [7, 11) is 0. The molecule has 0 fully saturated rings. The smallest absolute Gasteiger partial charge is 0.265 e. The van der Waals surface area contributed by atoms with Gasteiger partial charge in [-0.25, -0.2) is 8.78 Å². The van der Waals surface area contributed by atoms with Crippen LogP contribution in [0.3, 0.4) is 0 Å². The van der Waals surface area contributed by atoms with Crippen molar-refractivity contribution < 1.29 is 18.7 Å². The van der Waals surface area contributed by atoms with E-state index in [2.05, 4.69) is 5.32 Å². The topological polar surface area (TPSA) is 75.4 Å². The number of halogens is 2. The van der Waals surface area contributed by atoms with Gasteiger partial charge in [-0.3, -0.25) is 4.79 Å². The van der Waals surface area contributed by atoms with Crippen LogP contribution in [-0.2, 0) is 11.2 Å². The number of amides is 1. The molecule has 1 rings (SSSR count). The molecule has 1 aromatic carbocycles. The molecule has 106 valence electrons. The van der Waals surface area contributed by atoms with Crippen molar-refractivity contribution in [2.45, 2.75) is 31.4 Å². The van der Waals surface area contributed by atoms with Gasteiger partial charge in [0, 0.05) is 6.54 Å². The van der Waals surface area contributed by atoms with Gasteiger partial charge in [0.1, 0.15) is 6.10 Å². The number of hydrogen-bond donors (Lipinski definition) is 3. The molecule has 0 aromatic heterocycles. The summed E-state index contributed by atoms with van der Waals surface area (Å²) in [6.07, 6.45) is -3.68. The van der Waals surface area contributed by atoms with Crippen molar-refractivity contribution in [2.24, 2.45) is 5.73 Å². The fraction of sp³-hybridized carbons (Fsp3) is 0.462. The van der Waals surface area contributed by atoms with Crippen LogP contribution >= 0.6 is 0 Å². The van der Waals surface area contributed by atoms with Crippen LogP contribution in [0.4, 0.5) is 8.78 Å². The molecule has 0 bridgehead atoms. The van der Waals surface area contributed by atoms with Gasteiger partial charge in [0.2, 0.25) is 5.91 Å². The minimum absolute atomic E-state index is 0.417. The van der Waals surface area contributed by atoms with Crippen LogP contribution in [0.1, 0.15) is 12.0 Å². The maximum absolute atomic E-state index is 12.0. The van der Waals surface area contributed by atoms with E-state index in [0.29, 0.717) is 12.8 Å². The summed E-state index contributed by atoms with van der Waals surface area (Å²) in [4.78, 5) is 11.5. The highest BCUT2D eigenvalue weighted by atomic mass is 19.3. The van der Waals surface area contributed by atoms with Gasteiger partial charge in [0.25, 0.3) is 6.43 Å². The van der Waals surface area contributed by atoms with Crippen molar-refractivity contribution in [1.82, 2.24) is 5.32 Å². The summed E-state index contributed by atoms with van der Waals surface area (Å²) >= 11 is 0. The Bertz CT molecular complexity index is 387. The van der Waals surface area contributed by atoms with Crippen molar-refractivity contribution in [2.75, 3.05) is 6.54 Å². The predicted octanol–water partition coefficient (Wildman–Crippen LogP) is 0.689. The Balaban J connectivity index is 2.29. The van der Waals surface area contributed by atoms with E-state index in [1.54, 1.807) is 0 Å². The Labute approximate surface area is 110 Å². The van der Waals surface area contributed by atoms with Crippen molar-refractivity contribution in [3.05, 3.63) is 35.9 Å². The monoisotopic (exact) mass is 272 g/mol. The molecule has 1 amide bonds. The molecule has 0 saturated heterocycles. The first-order valence-electron chi connectivity index (χ1n) is 6.04. The van der Waals surface area contributed by atoms with Gasteiger partial charge < -0.3 is 16.2 Å². The highest BCUT2D eigenvalue weighted by Gasteiger charge is 2.19. The molecule has 0 aliphatic carbocycles. The van der Waals surface area contributed by atoms with Crippen LogP contribution in [0.15, 0.2) is 30.3 Å². The van der Waals surface area contributed by atoms with Gasteiger partial charge in [-0.1, -0.05) is 30.3 Å². The summed E-state index contributed by atoms with van der Waals surface area (Å²) in [6, 6.07) is 8.74. The number of aryl methyl sites for hydroxylation is 1. The highest BCUT2D eigenvalue weighted by Crippen LogP contribution is 2.04. The van der Waals surface area contributed by atoms with Crippen molar-refractivity contribution >= 4 is 5.91 Å². The van der Waals surface area contributed by atoms with Crippen LogP contribution in [-0.4, -0.2) is 36.1 Å². The van der Waals surface area contributed by atoms with E-state index in [1.807, 2.05) is 30.3 Å². The first-order chi connectivity index (χ1) is 9.00. The van der Waals surface area contributed by atoms with Gasteiger partial charge in [0.05, 0.1) is 6.04 Å². The number of carbonyl (C=O) groups is 1. The molecule has 0 radical (unpaired) electrons. The van der Waals surface area contributed by atoms with E-state index in [4.69, 9.17) is 10.8 Å². The summed E-state index contributed by atoms with van der Waals surface area (Å²) in [5.74, 6) is -0.532. The molecule has 19 heavy (non-hydrogen) atoms. The van der Waals surface area contributed by atoms with E-state index in [1.165, 1.54) is 0 Å². The third kappa shape index (κ3) is 5.76. The molecule has 0 aliphatic heterocycles. The second-order valence-corrected chi connectivity index (χ2v) is 4.28. The van der Waals surface area contributed by atoms with Crippen molar-refractivity contribution in [1.29, 1.82) is 0 Å². The lowest BCUT2D eigenvalue weighted by Crippen LogP contribution is -2.44.